The van der Waals surface area contributed by atoms with Gasteiger partial charge in [0.2, 0.25) is 0 Å². The molecule has 174 valence electrons. The van der Waals surface area contributed by atoms with Gasteiger partial charge in [-0.15, -0.1) is 0 Å². The molecule has 0 aromatic heterocycles. The molecule has 1 fully saturated rings. The number of hydrogen-bond acceptors (Lipinski definition) is 5. The molecule has 1 aliphatic carbocycles. The van der Waals surface area contributed by atoms with Crippen molar-refractivity contribution < 1.29 is 19.1 Å². The number of esters is 1. The zero-order chi connectivity index (χ0) is 24.4. The van der Waals surface area contributed by atoms with Crippen LogP contribution in [0, 0.1) is 22.2 Å². The molecule has 0 spiro atoms. The largest absolute Gasteiger partial charge is 0.489 e. The van der Waals surface area contributed by atoms with Gasteiger partial charge < -0.3 is 14.8 Å². The van der Waals surface area contributed by atoms with E-state index in [1.165, 1.54) is 7.11 Å². The minimum Gasteiger partial charge on any atom is -0.489 e. The lowest BCUT2D eigenvalue weighted by atomic mass is 9.49. The summed E-state index contributed by atoms with van der Waals surface area (Å²) in [5.41, 5.74) is 1.26. The van der Waals surface area contributed by atoms with E-state index >= 15 is 0 Å². The highest BCUT2D eigenvalue weighted by Gasteiger charge is 2.64. The lowest BCUT2D eigenvalue weighted by Gasteiger charge is -2.63. The van der Waals surface area contributed by atoms with Gasteiger partial charge in [-0.1, -0.05) is 51.4 Å². The van der Waals surface area contributed by atoms with E-state index in [2.05, 4.69) is 37.7 Å². The second kappa shape index (κ2) is 9.44. The van der Waals surface area contributed by atoms with Crippen LogP contribution in [0.4, 0.5) is 0 Å². The molecule has 0 saturated heterocycles. The minimum absolute atomic E-state index is 0.115. The molecule has 6 nitrogen and oxygen atoms in total. The minimum atomic E-state index is -0.333. The molecule has 3 rings (SSSR count). The summed E-state index contributed by atoms with van der Waals surface area (Å²) >= 11 is 6.15. The molecule has 2 aromatic carbocycles. The van der Waals surface area contributed by atoms with Crippen molar-refractivity contribution in [2.75, 3.05) is 7.11 Å². The first kappa shape index (κ1) is 24.6. The van der Waals surface area contributed by atoms with Crippen LogP contribution in [0.5, 0.6) is 5.75 Å². The topological polar surface area (TPSA) is 88.4 Å². The van der Waals surface area contributed by atoms with Gasteiger partial charge in [-0.05, 0) is 36.2 Å². The van der Waals surface area contributed by atoms with E-state index < -0.39 is 0 Å². The van der Waals surface area contributed by atoms with Crippen LogP contribution in [-0.2, 0) is 16.0 Å². The molecule has 2 aromatic rings. The Labute approximate surface area is 199 Å². The Bertz CT molecular complexity index is 1070. The SMILES string of the molecule is COC(=O)CCc1ccc(C(=O)N[C@H]2C(C)(C)[C@H](Oc3ccc(C#N)c(Cl)c3)C2(C)C)cc1. The summed E-state index contributed by atoms with van der Waals surface area (Å²) in [4.78, 5) is 24.3. The standard InChI is InChI=1S/C26H29ClN2O4/c1-25(2)23(26(3,4)24(25)33-19-12-11-18(15-28)20(27)14-19)29-22(31)17-9-6-16(7-10-17)8-13-21(30)32-5/h6-7,9-12,14,23-24H,8,13H2,1-5H3,(H,29,31)/t23-,24-. The van der Waals surface area contributed by atoms with Crippen LogP contribution < -0.4 is 10.1 Å². The van der Waals surface area contributed by atoms with E-state index in [1.807, 2.05) is 18.2 Å². The Morgan fingerprint density at radius 1 is 1.09 bits per heavy atom. The number of aryl methyl sites for hydroxylation is 1. The van der Waals surface area contributed by atoms with Gasteiger partial charge in [0.25, 0.3) is 5.91 Å². The summed E-state index contributed by atoms with van der Waals surface area (Å²) in [5, 5.41) is 12.6. The van der Waals surface area contributed by atoms with Crippen molar-refractivity contribution >= 4 is 23.5 Å². The van der Waals surface area contributed by atoms with Crippen LogP contribution in [0.1, 0.15) is 55.6 Å². The van der Waals surface area contributed by atoms with Gasteiger partial charge in [0, 0.05) is 34.9 Å². The fourth-order valence-electron chi connectivity index (χ4n) is 4.98. The second-order valence-corrected chi connectivity index (χ2v) is 9.98. The predicted molar refractivity (Wildman–Crippen MR) is 126 cm³/mol. The molecule has 0 heterocycles. The van der Waals surface area contributed by atoms with Crippen molar-refractivity contribution in [2.45, 2.75) is 52.7 Å². The van der Waals surface area contributed by atoms with E-state index in [9.17, 15) is 9.59 Å². The molecule has 1 N–H and O–H groups in total. The molecular weight excluding hydrogens is 440 g/mol. The quantitative estimate of drug-likeness (QED) is 0.582. The molecule has 1 amide bonds. The van der Waals surface area contributed by atoms with Crippen LogP contribution in [0.3, 0.4) is 0 Å². The maximum Gasteiger partial charge on any atom is 0.305 e. The number of nitriles is 1. The number of rotatable bonds is 7. The zero-order valence-corrected chi connectivity index (χ0v) is 20.3. The van der Waals surface area contributed by atoms with Gasteiger partial charge in [0.05, 0.1) is 17.7 Å². The van der Waals surface area contributed by atoms with Crippen molar-refractivity contribution in [1.29, 1.82) is 5.26 Å². The number of methoxy groups -OCH3 is 1. The van der Waals surface area contributed by atoms with Gasteiger partial charge in [-0.25, -0.2) is 0 Å². The fraction of sp³-hybridized carbons (Fsp3) is 0.423. The summed E-state index contributed by atoms with van der Waals surface area (Å²) in [6, 6.07) is 14.2. The summed E-state index contributed by atoms with van der Waals surface area (Å²) in [7, 11) is 1.37. The lowest BCUT2D eigenvalue weighted by molar-refractivity contribution is -0.164. The summed E-state index contributed by atoms with van der Waals surface area (Å²) in [6.45, 7) is 8.26. The maximum absolute atomic E-state index is 13.0. The molecule has 0 unspecified atom stereocenters. The highest BCUT2D eigenvalue weighted by molar-refractivity contribution is 6.31. The first-order valence-corrected chi connectivity index (χ1v) is 11.2. The normalized spacial score (nSPS) is 20.2. The Morgan fingerprint density at radius 2 is 1.73 bits per heavy atom. The van der Waals surface area contributed by atoms with Crippen LogP contribution in [0.25, 0.3) is 0 Å². The third-order valence-corrected chi connectivity index (χ3v) is 6.80. The molecule has 0 aliphatic heterocycles. The third kappa shape index (κ3) is 4.99. The first-order valence-electron chi connectivity index (χ1n) is 10.8. The van der Waals surface area contributed by atoms with Gasteiger partial charge in [0.15, 0.2) is 0 Å². The lowest BCUT2D eigenvalue weighted by Crippen LogP contribution is -2.74. The van der Waals surface area contributed by atoms with Crippen LogP contribution in [0.15, 0.2) is 42.5 Å². The Kier molecular flexibility index (Phi) is 7.04. The molecule has 0 radical (unpaired) electrons. The highest BCUT2D eigenvalue weighted by Crippen LogP contribution is 2.55. The second-order valence-electron chi connectivity index (χ2n) is 9.57. The monoisotopic (exact) mass is 468 g/mol. The van der Waals surface area contributed by atoms with E-state index in [4.69, 9.17) is 21.6 Å². The number of benzene rings is 2. The highest BCUT2D eigenvalue weighted by atomic mass is 35.5. The fourth-order valence-corrected chi connectivity index (χ4v) is 5.19. The maximum atomic E-state index is 13.0. The smallest absolute Gasteiger partial charge is 0.305 e. The molecular formula is C26H29ClN2O4. The number of carbonyl (C=O) groups is 2. The predicted octanol–water partition coefficient (Wildman–Crippen LogP) is 4.93. The van der Waals surface area contributed by atoms with E-state index in [1.54, 1.807) is 30.3 Å². The van der Waals surface area contributed by atoms with Crippen molar-refractivity contribution in [2.24, 2.45) is 10.8 Å². The summed E-state index contributed by atoms with van der Waals surface area (Å²) < 4.78 is 10.9. The molecule has 1 saturated carbocycles. The van der Waals surface area contributed by atoms with E-state index in [-0.39, 0.29) is 34.9 Å². The van der Waals surface area contributed by atoms with Gasteiger partial charge >= 0.3 is 5.97 Å². The molecule has 1 aliphatic rings. The average Bonchev–Trinajstić information content (AvgIpc) is 2.79. The number of ether oxygens (including phenoxy) is 2. The van der Waals surface area contributed by atoms with Crippen molar-refractivity contribution in [3.63, 3.8) is 0 Å². The number of nitrogens with one attached hydrogen (secondary N) is 1. The first-order chi connectivity index (χ1) is 15.5. The van der Waals surface area contributed by atoms with Crippen molar-refractivity contribution in [3.05, 3.63) is 64.2 Å². The van der Waals surface area contributed by atoms with Crippen LogP contribution in [-0.4, -0.2) is 31.1 Å². The molecule has 7 heteroatoms. The van der Waals surface area contributed by atoms with Gasteiger partial charge in [-0.2, -0.15) is 5.26 Å². The van der Waals surface area contributed by atoms with Crippen molar-refractivity contribution in [1.82, 2.24) is 5.32 Å². The molecule has 0 atom stereocenters. The zero-order valence-electron chi connectivity index (χ0n) is 19.6. The van der Waals surface area contributed by atoms with Crippen LogP contribution >= 0.6 is 11.6 Å². The summed E-state index contributed by atoms with van der Waals surface area (Å²) in [6.07, 6.45) is 0.702. The van der Waals surface area contributed by atoms with Gasteiger partial charge in [0.1, 0.15) is 17.9 Å². The Morgan fingerprint density at radius 3 is 2.27 bits per heavy atom. The molecule has 33 heavy (non-hydrogen) atoms. The number of carbonyl (C=O) groups excluding carboxylic acids is 2. The van der Waals surface area contributed by atoms with Crippen LogP contribution in [0.2, 0.25) is 5.02 Å². The Hall–Kier alpha value is -3.04. The number of nitrogens with zero attached hydrogens (tertiary/aromatic N) is 1. The summed E-state index contributed by atoms with van der Waals surface area (Å²) in [5.74, 6) is 0.185. The van der Waals surface area contributed by atoms with E-state index in [0.717, 1.165) is 5.56 Å². The third-order valence-electron chi connectivity index (χ3n) is 6.49. The number of halogens is 1. The molecule has 0 bridgehead atoms. The average molecular weight is 469 g/mol. The van der Waals surface area contributed by atoms with E-state index in [0.29, 0.717) is 34.7 Å². The van der Waals surface area contributed by atoms with Gasteiger partial charge in [-0.3, -0.25) is 9.59 Å². The number of hydrogen-bond donors (Lipinski definition) is 1. The number of amides is 1. The van der Waals surface area contributed by atoms with Crippen molar-refractivity contribution in [3.8, 4) is 11.8 Å². The Balaban J connectivity index is 1.66.